The zero-order chi connectivity index (χ0) is 14.5. The summed E-state index contributed by atoms with van der Waals surface area (Å²) in [6.07, 6.45) is 3.35. The molecule has 6 heteroatoms. The third-order valence-electron chi connectivity index (χ3n) is 4.58. The molecule has 2 N–H and O–H groups in total. The van der Waals surface area contributed by atoms with Crippen LogP contribution in [0.2, 0.25) is 0 Å². The first-order valence-electron chi connectivity index (χ1n) is 8.09. The standard InChI is InChI=1S/C17H25N3O.2ClH/c21-17(19-12-15-10-18-11-15)16-8-4-5-9-20(16)13-14-6-2-1-3-7-14;;/h1-3,6-7,15-16,18H,4-5,8-13H2,(H,19,21);2*1H. The minimum absolute atomic E-state index is 0. The zero-order valence-electron chi connectivity index (χ0n) is 13.4. The molecule has 3 rings (SSSR count). The van der Waals surface area contributed by atoms with E-state index >= 15 is 0 Å². The zero-order valence-corrected chi connectivity index (χ0v) is 15.0. The predicted molar refractivity (Wildman–Crippen MR) is 98.4 cm³/mol. The Morgan fingerprint density at radius 3 is 2.57 bits per heavy atom. The van der Waals surface area contributed by atoms with Crippen molar-refractivity contribution in [3.63, 3.8) is 0 Å². The van der Waals surface area contributed by atoms with Crippen molar-refractivity contribution in [3.05, 3.63) is 35.9 Å². The maximum atomic E-state index is 12.5. The SMILES string of the molecule is Cl.Cl.O=C(NCC1CNC1)C1CCCCN1Cc1ccccc1. The van der Waals surface area contributed by atoms with Gasteiger partial charge in [0.1, 0.15) is 0 Å². The lowest BCUT2D eigenvalue weighted by atomic mass is 9.99. The van der Waals surface area contributed by atoms with Crippen LogP contribution in [0.15, 0.2) is 30.3 Å². The largest absolute Gasteiger partial charge is 0.354 e. The number of carbonyl (C=O) groups excluding carboxylic acids is 1. The Bertz CT molecular complexity index is 468. The van der Waals surface area contributed by atoms with Crippen molar-refractivity contribution in [2.75, 3.05) is 26.2 Å². The molecule has 2 saturated heterocycles. The lowest BCUT2D eigenvalue weighted by Crippen LogP contribution is -2.53. The van der Waals surface area contributed by atoms with Crippen molar-refractivity contribution < 1.29 is 4.79 Å². The number of amides is 1. The highest BCUT2D eigenvalue weighted by Gasteiger charge is 2.29. The number of nitrogens with zero attached hydrogens (tertiary/aromatic N) is 1. The quantitative estimate of drug-likeness (QED) is 0.846. The molecule has 1 amide bonds. The molecule has 1 unspecified atom stereocenters. The average molecular weight is 360 g/mol. The fraction of sp³-hybridized carbons (Fsp3) is 0.588. The van der Waals surface area contributed by atoms with Crippen molar-refractivity contribution in [1.82, 2.24) is 15.5 Å². The summed E-state index contributed by atoms with van der Waals surface area (Å²) in [5.74, 6) is 0.845. The summed E-state index contributed by atoms with van der Waals surface area (Å²) in [6.45, 7) is 4.81. The van der Waals surface area contributed by atoms with E-state index in [2.05, 4.69) is 39.8 Å². The molecule has 0 radical (unpaired) electrons. The Kier molecular flexibility index (Phi) is 8.92. The Balaban J connectivity index is 0.00000132. The molecule has 2 aliphatic rings. The lowest BCUT2D eigenvalue weighted by molar-refractivity contribution is -0.128. The third-order valence-corrected chi connectivity index (χ3v) is 4.58. The Morgan fingerprint density at radius 2 is 1.91 bits per heavy atom. The van der Waals surface area contributed by atoms with Crippen LogP contribution in [0.25, 0.3) is 0 Å². The monoisotopic (exact) mass is 359 g/mol. The number of nitrogens with one attached hydrogen (secondary N) is 2. The van der Waals surface area contributed by atoms with Crippen LogP contribution < -0.4 is 10.6 Å². The molecule has 0 saturated carbocycles. The van der Waals surface area contributed by atoms with Crippen LogP contribution in [0, 0.1) is 5.92 Å². The van der Waals surface area contributed by atoms with Crippen molar-refractivity contribution in [3.8, 4) is 0 Å². The van der Waals surface area contributed by atoms with Crippen LogP contribution in [0.1, 0.15) is 24.8 Å². The van der Waals surface area contributed by atoms with Gasteiger partial charge in [-0.1, -0.05) is 36.8 Å². The summed E-state index contributed by atoms with van der Waals surface area (Å²) in [7, 11) is 0. The molecule has 130 valence electrons. The number of halogens is 2. The predicted octanol–water partition coefficient (Wildman–Crippen LogP) is 2.22. The van der Waals surface area contributed by atoms with Crippen molar-refractivity contribution in [1.29, 1.82) is 0 Å². The molecule has 0 aliphatic carbocycles. The summed E-state index contributed by atoms with van der Waals surface area (Å²) >= 11 is 0. The van der Waals surface area contributed by atoms with E-state index in [-0.39, 0.29) is 36.8 Å². The van der Waals surface area contributed by atoms with Gasteiger partial charge in [-0.05, 0) is 24.9 Å². The Labute approximate surface area is 151 Å². The lowest BCUT2D eigenvalue weighted by Gasteiger charge is -2.35. The average Bonchev–Trinajstić information content (AvgIpc) is 2.47. The fourth-order valence-corrected chi connectivity index (χ4v) is 3.15. The number of hydrogen-bond acceptors (Lipinski definition) is 3. The minimum Gasteiger partial charge on any atom is -0.354 e. The summed E-state index contributed by atoms with van der Waals surface area (Å²) < 4.78 is 0. The van der Waals surface area contributed by atoms with E-state index in [4.69, 9.17) is 0 Å². The molecule has 23 heavy (non-hydrogen) atoms. The fourth-order valence-electron chi connectivity index (χ4n) is 3.15. The van der Waals surface area contributed by atoms with Gasteiger partial charge in [-0.3, -0.25) is 9.69 Å². The molecule has 0 aromatic heterocycles. The van der Waals surface area contributed by atoms with Crippen molar-refractivity contribution >= 4 is 30.7 Å². The normalized spacial score (nSPS) is 21.5. The molecule has 1 aromatic carbocycles. The van der Waals surface area contributed by atoms with Gasteiger partial charge in [0.2, 0.25) is 5.91 Å². The first-order valence-corrected chi connectivity index (χ1v) is 8.09. The second-order valence-electron chi connectivity index (χ2n) is 6.24. The molecular weight excluding hydrogens is 333 g/mol. The second kappa shape index (κ2) is 10.1. The van der Waals surface area contributed by atoms with Gasteiger partial charge < -0.3 is 10.6 Å². The van der Waals surface area contributed by atoms with Crippen LogP contribution in [0.3, 0.4) is 0 Å². The van der Waals surface area contributed by atoms with E-state index in [1.807, 2.05) is 6.07 Å². The Hall–Kier alpha value is -0.810. The van der Waals surface area contributed by atoms with Crippen molar-refractivity contribution in [2.45, 2.75) is 31.8 Å². The molecular formula is C17H27Cl2N3O. The van der Waals surface area contributed by atoms with E-state index in [0.29, 0.717) is 5.92 Å². The summed E-state index contributed by atoms with van der Waals surface area (Å²) in [5.41, 5.74) is 1.29. The topological polar surface area (TPSA) is 44.4 Å². The van der Waals surface area contributed by atoms with Crippen LogP contribution in [0.5, 0.6) is 0 Å². The number of carbonyl (C=O) groups is 1. The third kappa shape index (κ3) is 5.64. The molecule has 0 spiro atoms. The molecule has 4 nitrogen and oxygen atoms in total. The maximum Gasteiger partial charge on any atom is 0.237 e. The summed E-state index contributed by atoms with van der Waals surface area (Å²) in [5, 5.41) is 6.39. The summed E-state index contributed by atoms with van der Waals surface area (Å²) in [6, 6.07) is 10.5. The molecule has 2 aliphatic heterocycles. The van der Waals surface area contributed by atoms with Gasteiger partial charge in [0.05, 0.1) is 6.04 Å². The first kappa shape index (κ1) is 20.2. The second-order valence-corrected chi connectivity index (χ2v) is 6.24. The van der Waals surface area contributed by atoms with Gasteiger partial charge in [0, 0.05) is 32.1 Å². The first-order chi connectivity index (χ1) is 10.3. The maximum absolute atomic E-state index is 12.5. The van der Waals surface area contributed by atoms with Crippen molar-refractivity contribution in [2.24, 2.45) is 5.92 Å². The number of hydrogen-bond donors (Lipinski definition) is 2. The highest BCUT2D eigenvalue weighted by molar-refractivity contribution is 5.85. The van der Waals surface area contributed by atoms with Crippen LogP contribution in [-0.4, -0.2) is 43.0 Å². The minimum atomic E-state index is 0. The van der Waals surface area contributed by atoms with Crippen LogP contribution >= 0.6 is 24.8 Å². The Morgan fingerprint density at radius 1 is 1.17 bits per heavy atom. The molecule has 2 fully saturated rings. The van der Waals surface area contributed by atoms with Crippen LogP contribution in [-0.2, 0) is 11.3 Å². The van der Waals surface area contributed by atoms with Crippen LogP contribution in [0.4, 0.5) is 0 Å². The smallest absolute Gasteiger partial charge is 0.237 e. The number of piperidine rings is 1. The van der Waals surface area contributed by atoms with E-state index in [9.17, 15) is 4.79 Å². The van der Waals surface area contributed by atoms with Gasteiger partial charge in [0.25, 0.3) is 0 Å². The number of likely N-dealkylation sites (tertiary alicyclic amines) is 1. The van der Waals surface area contributed by atoms with Gasteiger partial charge in [-0.25, -0.2) is 0 Å². The highest BCUT2D eigenvalue weighted by Crippen LogP contribution is 2.20. The molecule has 1 atom stereocenters. The van der Waals surface area contributed by atoms with Gasteiger partial charge in [0.15, 0.2) is 0 Å². The van der Waals surface area contributed by atoms with E-state index in [1.165, 1.54) is 12.0 Å². The number of rotatable bonds is 5. The highest BCUT2D eigenvalue weighted by atomic mass is 35.5. The van der Waals surface area contributed by atoms with Gasteiger partial charge in [-0.2, -0.15) is 0 Å². The molecule has 1 aromatic rings. The number of benzene rings is 1. The van der Waals surface area contributed by atoms with Gasteiger partial charge in [-0.15, -0.1) is 24.8 Å². The summed E-state index contributed by atoms with van der Waals surface area (Å²) in [4.78, 5) is 14.8. The van der Waals surface area contributed by atoms with E-state index in [1.54, 1.807) is 0 Å². The molecule has 2 heterocycles. The van der Waals surface area contributed by atoms with E-state index in [0.717, 1.165) is 45.6 Å². The van der Waals surface area contributed by atoms with Gasteiger partial charge >= 0.3 is 0 Å². The molecule has 0 bridgehead atoms. The van der Waals surface area contributed by atoms with E-state index < -0.39 is 0 Å².